The number of benzene rings is 2. The zero-order valence-corrected chi connectivity index (χ0v) is 16.9. The number of fused-ring (bicyclic) bond motifs is 1. The van der Waals surface area contributed by atoms with Crippen molar-refractivity contribution in [3.8, 4) is 0 Å². The topological polar surface area (TPSA) is 75.2 Å². The Hall–Kier alpha value is -2.22. The summed E-state index contributed by atoms with van der Waals surface area (Å²) in [6.07, 6.45) is 4.51. The summed E-state index contributed by atoms with van der Waals surface area (Å²) in [4.78, 5) is 9.20. The van der Waals surface area contributed by atoms with Crippen LogP contribution in [0.5, 0.6) is 0 Å². The van der Waals surface area contributed by atoms with E-state index in [-0.39, 0.29) is 4.90 Å². The van der Waals surface area contributed by atoms with Crippen LogP contribution < -0.4 is 5.32 Å². The van der Waals surface area contributed by atoms with Gasteiger partial charge in [0, 0.05) is 24.7 Å². The van der Waals surface area contributed by atoms with Crippen molar-refractivity contribution in [2.45, 2.75) is 30.7 Å². The van der Waals surface area contributed by atoms with E-state index in [2.05, 4.69) is 15.3 Å². The SMILES string of the molecule is O=S(=O)(c1ccc2nc(NCc3ccccc3Cl)cnc2c1)N1CCCCC1. The number of nitrogens with zero attached hydrogens (tertiary/aromatic N) is 3. The zero-order valence-electron chi connectivity index (χ0n) is 15.3. The van der Waals surface area contributed by atoms with Crippen LogP contribution in [0.15, 0.2) is 53.6 Å². The number of hydrogen-bond donors (Lipinski definition) is 1. The van der Waals surface area contributed by atoms with Crippen LogP contribution in [-0.2, 0) is 16.6 Å². The maximum Gasteiger partial charge on any atom is 0.243 e. The second-order valence-corrected chi connectivity index (χ2v) is 9.16. The Morgan fingerprint density at radius 2 is 1.82 bits per heavy atom. The molecule has 0 bridgehead atoms. The number of aromatic nitrogens is 2. The van der Waals surface area contributed by atoms with Gasteiger partial charge in [0.1, 0.15) is 5.82 Å². The Balaban J connectivity index is 1.55. The van der Waals surface area contributed by atoms with E-state index in [1.165, 1.54) is 0 Å². The second-order valence-electron chi connectivity index (χ2n) is 6.82. The lowest BCUT2D eigenvalue weighted by atomic mass is 10.2. The molecule has 3 aromatic rings. The second kappa shape index (κ2) is 8.03. The summed E-state index contributed by atoms with van der Waals surface area (Å²) in [5, 5.41) is 3.90. The fraction of sp³-hybridized carbons (Fsp3) is 0.300. The molecule has 1 aliphatic rings. The molecular formula is C20H21ClN4O2S. The molecule has 0 aliphatic carbocycles. The maximum absolute atomic E-state index is 12.8. The van der Waals surface area contributed by atoms with E-state index in [1.54, 1.807) is 28.7 Å². The highest BCUT2D eigenvalue weighted by molar-refractivity contribution is 7.89. The summed E-state index contributed by atoms with van der Waals surface area (Å²) in [6.45, 7) is 1.69. The first-order chi connectivity index (χ1) is 13.5. The fourth-order valence-electron chi connectivity index (χ4n) is 3.32. The van der Waals surface area contributed by atoms with Crippen molar-refractivity contribution in [1.29, 1.82) is 0 Å². The van der Waals surface area contributed by atoms with Gasteiger partial charge in [0.25, 0.3) is 0 Å². The molecule has 146 valence electrons. The molecule has 8 heteroatoms. The summed E-state index contributed by atoms with van der Waals surface area (Å²) in [5.41, 5.74) is 2.16. The minimum atomic E-state index is -3.48. The molecule has 0 spiro atoms. The number of nitrogens with one attached hydrogen (secondary N) is 1. The summed E-state index contributed by atoms with van der Waals surface area (Å²) in [5.74, 6) is 0.610. The Kier molecular flexibility index (Phi) is 5.48. The van der Waals surface area contributed by atoms with Crippen LogP contribution in [-0.4, -0.2) is 35.8 Å². The summed E-state index contributed by atoms with van der Waals surface area (Å²) in [7, 11) is -3.48. The van der Waals surface area contributed by atoms with Gasteiger partial charge in [-0.15, -0.1) is 0 Å². The van der Waals surface area contributed by atoms with E-state index in [0.29, 0.717) is 41.5 Å². The third kappa shape index (κ3) is 3.97. The number of anilines is 1. The van der Waals surface area contributed by atoms with Crippen LogP contribution >= 0.6 is 11.6 Å². The highest BCUT2D eigenvalue weighted by Gasteiger charge is 2.26. The van der Waals surface area contributed by atoms with Gasteiger partial charge in [-0.3, -0.25) is 4.98 Å². The van der Waals surface area contributed by atoms with Gasteiger partial charge < -0.3 is 5.32 Å². The third-order valence-corrected chi connectivity index (χ3v) is 7.15. The number of rotatable bonds is 5. The molecule has 4 rings (SSSR count). The molecule has 28 heavy (non-hydrogen) atoms. The predicted octanol–water partition coefficient (Wildman–Crippen LogP) is 4.07. The van der Waals surface area contributed by atoms with Crippen LogP contribution in [0.4, 0.5) is 5.82 Å². The standard InChI is InChI=1S/C20H21ClN4O2S/c21-17-7-3-2-6-15(17)13-23-20-14-22-19-12-16(8-9-18(19)24-20)28(26,27)25-10-4-1-5-11-25/h2-3,6-9,12,14H,1,4-5,10-11,13H2,(H,23,24). The molecule has 1 N–H and O–H groups in total. The maximum atomic E-state index is 12.8. The Morgan fingerprint density at radius 3 is 2.61 bits per heavy atom. The lowest BCUT2D eigenvalue weighted by Crippen LogP contribution is -2.35. The molecule has 1 aliphatic heterocycles. The highest BCUT2D eigenvalue weighted by Crippen LogP contribution is 2.24. The highest BCUT2D eigenvalue weighted by atomic mass is 35.5. The Morgan fingerprint density at radius 1 is 1.04 bits per heavy atom. The van der Waals surface area contributed by atoms with Gasteiger partial charge in [-0.2, -0.15) is 4.31 Å². The van der Waals surface area contributed by atoms with Gasteiger partial charge in [0.2, 0.25) is 10.0 Å². The van der Waals surface area contributed by atoms with Gasteiger partial charge in [-0.1, -0.05) is 36.2 Å². The van der Waals surface area contributed by atoms with Crippen molar-refractivity contribution in [3.63, 3.8) is 0 Å². The van der Waals surface area contributed by atoms with Crippen LogP contribution in [0.25, 0.3) is 11.0 Å². The molecule has 0 amide bonds. The first kappa shape index (κ1) is 19.1. The number of hydrogen-bond acceptors (Lipinski definition) is 5. The van der Waals surface area contributed by atoms with Crippen LogP contribution in [0.2, 0.25) is 5.02 Å². The zero-order chi connectivity index (χ0) is 19.6. The van der Waals surface area contributed by atoms with Crippen LogP contribution in [0, 0.1) is 0 Å². The first-order valence-corrected chi connectivity index (χ1v) is 11.1. The van der Waals surface area contributed by atoms with E-state index >= 15 is 0 Å². The number of sulfonamides is 1. The normalized spacial score (nSPS) is 15.6. The van der Waals surface area contributed by atoms with Crippen molar-refractivity contribution in [2.24, 2.45) is 0 Å². The third-order valence-electron chi connectivity index (χ3n) is 4.88. The van der Waals surface area contributed by atoms with Gasteiger partial charge in [-0.05, 0) is 42.7 Å². The van der Waals surface area contributed by atoms with Gasteiger partial charge in [-0.25, -0.2) is 13.4 Å². The molecule has 1 aromatic heterocycles. The van der Waals surface area contributed by atoms with Crippen molar-refractivity contribution in [3.05, 3.63) is 59.2 Å². The van der Waals surface area contributed by atoms with Gasteiger partial charge >= 0.3 is 0 Å². The smallest absolute Gasteiger partial charge is 0.243 e. The minimum Gasteiger partial charge on any atom is -0.365 e. The summed E-state index contributed by atoms with van der Waals surface area (Å²) >= 11 is 6.17. The van der Waals surface area contributed by atoms with Gasteiger partial charge in [0.05, 0.1) is 22.1 Å². The molecule has 1 saturated heterocycles. The lowest BCUT2D eigenvalue weighted by molar-refractivity contribution is 0.346. The van der Waals surface area contributed by atoms with Crippen LogP contribution in [0.1, 0.15) is 24.8 Å². The van der Waals surface area contributed by atoms with Crippen molar-refractivity contribution < 1.29 is 8.42 Å². The summed E-state index contributed by atoms with van der Waals surface area (Å²) in [6, 6.07) is 12.5. The van der Waals surface area contributed by atoms with Gasteiger partial charge in [0.15, 0.2) is 0 Å². The number of piperidine rings is 1. The molecule has 0 atom stereocenters. The molecule has 1 fully saturated rings. The average Bonchev–Trinajstić information content (AvgIpc) is 2.73. The molecule has 2 heterocycles. The largest absolute Gasteiger partial charge is 0.365 e. The predicted molar refractivity (Wildman–Crippen MR) is 111 cm³/mol. The van der Waals surface area contributed by atoms with Crippen molar-refractivity contribution in [1.82, 2.24) is 14.3 Å². The average molecular weight is 417 g/mol. The minimum absolute atomic E-state index is 0.271. The monoisotopic (exact) mass is 416 g/mol. The van der Waals surface area contributed by atoms with E-state index in [9.17, 15) is 8.42 Å². The van der Waals surface area contributed by atoms with Crippen molar-refractivity contribution in [2.75, 3.05) is 18.4 Å². The fourth-order valence-corrected chi connectivity index (χ4v) is 5.06. The van der Waals surface area contributed by atoms with E-state index in [0.717, 1.165) is 24.8 Å². The Labute approximate surface area is 169 Å². The van der Waals surface area contributed by atoms with E-state index in [4.69, 9.17) is 11.6 Å². The quantitative estimate of drug-likeness (QED) is 0.678. The molecule has 0 radical (unpaired) electrons. The molecule has 2 aromatic carbocycles. The van der Waals surface area contributed by atoms with Crippen molar-refractivity contribution >= 4 is 38.5 Å². The van der Waals surface area contributed by atoms with Crippen LogP contribution in [0.3, 0.4) is 0 Å². The van der Waals surface area contributed by atoms with E-state index in [1.807, 2.05) is 24.3 Å². The molecule has 0 saturated carbocycles. The Bertz CT molecular complexity index is 1100. The first-order valence-electron chi connectivity index (χ1n) is 9.28. The van der Waals surface area contributed by atoms with E-state index < -0.39 is 10.0 Å². The molecule has 6 nitrogen and oxygen atoms in total. The molecule has 0 unspecified atom stereocenters. The summed E-state index contributed by atoms with van der Waals surface area (Å²) < 4.78 is 27.2. The number of halogens is 1. The molecular weight excluding hydrogens is 396 g/mol. The lowest BCUT2D eigenvalue weighted by Gasteiger charge is -2.25.